The van der Waals surface area contributed by atoms with E-state index in [9.17, 15) is 14.4 Å². The van der Waals surface area contributed by atoms with Gasteiger partial charge in [0.15, 0.2) is 18.3 Å². The summed E-state index contributed by atoms with van der Waals surface area (Å²) < 4.78 is 15.5. The zero-order valence-corrected chi connectivity index (χ0v) is 13.1. The number of hydrogen-bond acceptors (Lipinski definition) is 6. The fourth-order valence-corrected chi connectivity index (χ4v) is 2.90. The summed E-state index contributed by atoms with van der Waals surface area (Å²) in [6.45, 7) is 7.57. The molecule has 0 bridgehead atoms. The van der Waals surface area contributed by atoms with Gasteiger partial charge in [-0.1, -0.05) is 22.5 Å². The van der Waals surface area contributed by atoms with Crippen LogP contribution in [0.4, 0.5) is 0 Å². The molecular formula is C13H17BrO6. The number of alkyl halides is 1. The molecule has 0 spiro atoms. The molecule has 1 rings (SSSR count). The van der Waals surface area contributed by atoms with Gasteiger partial charge in [-0.15, -0.1) is 0 Å². The Morgan fingerprint density at radius 3 is 1.90 bits per heavy atom. The fourth-order valence-electron chi connectivity index (χ4n) is 2.08. The number of halogens is 1. The van der Waals surface area contributed by atoms with Gasteiger partial charge in [0, 0.05) is 20.8 Å². The maximum atomic E-state index is 11.2. The Morgan fingerprint density at radius 2 is 1.45 bits per heavy atom. The Morgan fingerprint density at radius 1 is 1.00 bits per heavy atom. The summed E-state index contributed by atoms with van der Waals surface area (Å²) in [4.78, 5) is 33.3. The molecular weight excluding hydrogens is 332 g/mol. The number of carbonyl (C=O) groups excluding carboxylic acids is 3. The van der Waals surface area contributed by atoms with Crippen molar-refractivity contribution in [2.75, 3.05) is 0 Å². The first-order chi connectivity index (χ1) is 9.22. The van der Waals surface area contributed by atoms with Crippen molar-refractivity contribution in [3.63, 3.8) is 0 Å². The summed E-state index contributed by atoms with van der Waals surface area (Å²) >= 11 is 3.38. The van der Waals surface area contributed by atoms with Crippen LogP contribution in [0.2, 0.25) is 0 Å². The molecule has 0 aromatic rings. The smallest absolute Gasteiger partial charge is 0.303 e. The minimum atomic E-state index is -0.911. The van der Waals surface area contributed by atoms with Crippen LogP contribution in [0.15, 0.2) is 12.2 Å². The minimum absolute atomic E-state index is 0.268. The molecule has 1 saturated carbocycles. The molecule has 1 aliphatic carbocycles. The number of hydrogen-bond donors (Lipinski definition) is 0. The van der Waals surface area contributed by atoms with Crippen LogP contribution in [0.1, 0.15) is 27.2 Å². The molecule has 0 aromatic carbocycles. The average Bonchev–Trinajstić information content (AvgIpc) is 2.27. The van der Waals surface area contributed by atoms with Crippen LogP contribution in [-0.4, -0.2) is 41.0 Å². The lowest BCUT2D eigenvalue weighted by atomic mass is 9.87. The van der Waals surface area contributed by atoms with Crippen LogP contribution in [0.3, 0.4) is 0 Å². The van der Waals surface area contributed by atoms with Crippen molar-refractivity contribution < 1.29 is 28.6 Å². The molecule has 0 aliphatic heterocycles. The van der Waals surface area contributed by atoms with Gasteiger partial charge in [0.05, 0.1) is 4.83 Å². The third kappa shape index (κ3) is 4.33. The van der Waals surface area contributed by atoms with Gasteiger partial charge in [0.1, 0.15) is 0 Å². The summed E-state index contributed by atoms with van der Waals surface area (Å²) in [5.74, 6) is -1.59. The minimum Gasteiger partial charge on any atom is -0.457 e. The molecule has 0 N–H and O–H groups in total. The van der Waals surface area contributed by atoms with E-state index in [1.807, 2.05) is 0 Å². The van der Waals surface area contributed by atoms with Gasteiger partial charge < -0.3 is 14.2 Å². The van der Waals surface area contributed by atoms with Crippen LogP contribution in [0.5, 0.6) is 0 Å². The lowest BCUT2D eigenvalue weighted by molar-refractivity contribution is -0.182. The summed E-state index contributed by atoms with van der Waals surface area (Å²) in [6, 6.07) is 0. The van der Waals surface area contributed by atoms with Crippen LogP contribution in [-0.2, 0) is 28.6 Å². The third-order valence-electron chi connectivity index (χ3n) is 2.74. The molecule has 4 atom stereocenters. The molecule has 0 radical (unpaired) electrons. The molecule has 0 aromatic heterocycles. The normalized spacial score (nSPS) is 29.5. The lowest BCUT2D eigenvalue weighted by Crippen LogP contribution is -2.53. The van der Waals surface area contributed by atoms with Crippen molar-refractivity contribution in [2.24, 2.45) is 0 Å². The van der Waals surface area contributed by atoms with Gasteiger partial charge in [-0.05, 0) is 12.0 Å². The highest BCUT2D eigenvalue weighted by Gasteiger charge is 2.46. The molecule has 1 aliphatic rings. The summed E-state index contributed by atoms with van der Waals surface area (Å²) in [5, 5.41) is 0. The maximum Gasteiger partial charge on any atom is 0.303 e. The Balaban J connectivity index is 3.05. The molecule has 0 amide bonds. The summed E-state index contributed by atoms with van der Waals surface area (Å²) in [6.07, 6.45) is -2.04. The Hall–Kier alpha value is -1.37. The maximum absolute atomic E-state index is 11.2. The van der Waals surface area contributed by atoms with E-state index in [-0.39, 0.29) is 4.83 Å². The predicted molar refractivity (Wildman–Crippen MR) is 73.1 cm³/mol. The van der Waals surface area contributed by atoms with E-state index in [1.165, 1.54) is 20.8 Å². The van der Waals surface area contributed by atoms with Crippen LogP contribution in [0.25, 0.3) is 0 Å². The second-order valence-corrected chi connectivity index (χ2v) is 5.73. The molecule has 0 saturated heterocycles. The first-order valence-corrected chi connectivity index (χ1v) is 6.97. The van der Waals surface area contributed by atoms with Crippen molar-refractivity contribution in [3.8, 4) is 0 Å². The summed E-state index contributed by atoms with van der Waals surface area (Å²) in [5.41, 5.74) is 0.594. The van der Waals surface area contributed by atoms with Gasteiger partial charge in [-0.2, -0.15) is 0 Å². The molecule has 20 heavy (non-hydrogen) atoms. The largest absolute Gasteiger partial charge is 0.457 e. The monoisotopic (exact) mass is 348 g/mol. The van der Waals surface area contributed by atoms with Crippen molar-refractivity contribution in [1.29, 1.82) is 0 Å². The van der Waals surface area contributed by atoms with Gasteiger partial charge in [0.2, 0.25) is 0 Å². The fraction of sp³-hybridized carbons (Fsp3) is 0.615. The zero-order chi connectivity index (χ0) is 15.4. The van der Waals surface area contributed by atoms with Gasteiger partial charge in [-0.25, -0.2) is 0 Å². The lowest BCUT2D eigenvalue weighted by Gasteiger charge is -2.39. The van der Waals surface area contributed by atoms with Crippen LogP contribution < -0.4 is 0 Å². The molecule has 7 heteroatoms. The second kappa shape index (κ2) is 6.88. The number of esters is 3. The van der Waals surface area contributed by atoms with E-state index < -0.39 is 36.2 Å². The van der Waals surface area contributed by atoms with Crippen molar-refractivity contribution >= 4 is 33.8 Å². The van der Waals surface area contributed by atoms with E-state index in [2.05, 4.69) is 22.5 Å². The molecule has 112 valence electrons. The number of rotatable bonds is 3. The van der Waals surface area contributed by atoms with Gasteiger partial charge in [0.25, 0.3) is 0 Å². The number of ether oxygens (including phenoxy) is 3. The topological polar surface area (TPSA) is 78.9 Å². The van der Waals surface area contributed by atoms with Gasteiger partial charge in [-0.3, -0.25) is 14.4 Å². The molecule has 1 fully saturated rings. The van der Waals surface area contributed by atoms with Crippen molar-refractivity contribution in [1.82, 2.24) is 0 Å². The van der Waals surface area contributed by atoms with Gasteiger partial charge >= 0.3 is 17.9 Å². The quantitative estimate of drug-likeness (QED) is 0.333. The van der Waals surface area contributed by atoms with Crippen molar-refractivity contribution in [2.45, 2.75) is 50.3 Å². The van der Waals surface area contributed by atoms with Crippen LogP contribution in [0, 0.1) is 0 Å². The van der Waals surface area contributed by atoms with E-state index in [0.717, 1.165) is 0 Å². The Labute approximate surface area is 125 Å². The van der Waals surface area contributed by atoms with Crippen molar-refractivity contribution in [3.05, 3.63) is 12.2 Å². The number of carbonyl (C=O) groups is 3. The third-order valence-corrected chi connectivity index (χ3v) is 3.58. The first-order valence-electron chi connectivity index (χ1n) is 6.05. The zero-order valence-electron chi connectivity index (χ0n) is 11.6. The highest BCUT2D eigenvalue weighted by Crippen LogP contribution is 2.34. The van der Waals surface area contributed by atoms with E-state index in [1.54, 1.807) is 0 Å². The molecule has 0 unspecified atom stereocenters. The van der Waals surface area contributed by atoms with E-state index in [4.69, 9.17) is 14.2 Å². The molecule has 6 nitrogen and oxygen atoms in total. The standard InChI is InChI=1S/C13H17BrO6/c1-6-5-10(14)12(19-8(3)16)13(20-9(4)17)11(6)18-7(2)15/h10-13H,1,5H2,2-4H3/t10-,11+,12+,13+/m0/s1. The predicted octanol–water partition coefficient (Wildman–Crippen LogP) is 1.50. The highest BCUT2D eigenvalue weighted by molar-refractivity contribution is 9.09. The molecule has 0 heterocycles. The summed E-state index contributed by atoms with van der Waals surface area (Å²) in [7, 11) is 0. The van der Waals surface area contributed by atoms with Crippen LogP contribution >= 0.6 is 15.9 Å². The first kappa shape index (κ1) is 16.7. The second-order valence-electron chi connectivity index (χ2n) is 4.56. The average molecular weight is 349 g/mol. The SMILES string of the molecule is C=C1C[C@H](Br)[C@@H](OC(C)=O)[C@H](OC(C)=O)[C@@H]1OC(C)=O. The van der Waals surface area contributed by atoms with E-state index >= 15 is 0 Å². The Bertz CT molecular complexity index is 433. The van der Waals surface area contributed by atoms with E-state index in [0.29, 0.717) is 12.0 Å². The Kier molecular flexibility index (Phi) is 5.74. The highest BCUT2D eigenvalue weighted by atomic mass is 79.9.